The lowest BCUT2D eigenvalue weighted by atomic mass is 9.94. The van der Waals surface area contributed by atoms with E-state index < -0.39 is 5.82 Å². The van der Waals surface area contributed by atoms with Crippen molar-refractivity contribution >= 4 is 17.5 Å². The molecule has 2 nitrogen and oxygen atoms in total. The maximum Gasteiger partial charge on any atom is 0.258 e. The molecule has 0 radical (unpaired) electrons. The fraction of sp³-hybridized carbons (Fsp3) is 0.316. The molecule has 5 heteroatoms. The normalized spacial score (nSPS) is 18.3. The minimum absolute atomic E-state index is 0.0704. The predicted molar refractivity (Wildman–Crippen MR) is 90.3 cm³/mol. The van der Waals surface area contributed by atoms with Gasteiger partial charge in [-0.1, -0.05) is 36.2 Å². The van der Waals surface area contributed by atoms with E-state index in [0.717, 1.165) is 24.8 Å². The molecular weight excluding hydrogens is 332 g/mol. The van der Waals surface area contributed by atoms with Gasteiger partial charge in [-0.2, -0.15) is 0 Å². The van der Waals surface area contributed by atoms with Crippen LogP contribution in [0.1, 0.15) is 41.1 Å². The van der Waals surface area contributed by atoms with Crippen molar-refractivity contribution in [3.05, 3.63) is 70.2 Å². The molecule has 0 bridgehead atoms. The zero-order chi connectivity index (χ0) is 17.1. The second-order valence-electron chi connectivity index (χ2n) is 6.09. The average Bonchev–Trinajstić information content (AvgIpc) is 2.81. The number of hydrogen-bond acceptors (Lipinski definition) is 1. The molecular formula is C19H18ClF2NO. The Bertz CT molecular complexity index is 712. The van der Waals surface area contributed by atoms with Crippen LogP contribution in [-0.2, 0) is 0 Å². The summed E-state index contributed by atoms with van der Waals surface area (Å²) in [7, 11) is 0. The van der Waals surface area contributed by atoms with Crippen LogP contribution in [0.4, 0.5) is 8.78 Å². The summed E-state index contributed by atoms with van der Waals surface area (Å²) in [6.45, 7) is 1.05. The van der Waals surface area contributed by atoms with Crippen LogP contribution in [0, 0.1) is 11.6 Å². The van der Waals surface area contributed by atoms with Gasteiger partial charge in [-0.3, -0.25) is 4.79 Å². The summed E-state index contributed by atoms with van der Waals surface area (Å²) >= 11 is 6.03. The summed E-state index contributed by atoms with van der Waals surface area (Å²) in [6, 6.07) is 10.6. The molecule has 1 fully saturated rings. The van der Waals surface area contributed by atoms with Crippen LogP contribution >= 0.6 is 11.6 Å². The molecule has 1 unspecified atom stereocenters. The number of amides is 1. The number of hydrogen-bond donors (Lipinski definition) is 0. The maximum absolute atomic E-state index is 14.0. The third kappa shape index (κ3) is 3.59. The molecule has 1 aliphatic rings. The SMILES string of the molecule is O=C(c1c(F)cccc1Cl)N1CCCCC(c2ccc(F)cc2)C1. The Labute approximate surface area is 145 Å². The number of benzene rings is 2. The summed E-state index contributed by atoms with van der Waals surface area (Å²) in [6.07, 6.45) is 2.74. The van der Waals surface area contributed by atoms with Crippen LogP contribution in [0.2, 0.25) is 5.02 Å². The van der Waals surface area contributed by atoms with Crippen LogP contribution in [-0.4, -0.2) is 23.9 Å². The number of likely N-dealkylation sites (tertiary alicyclic amines) is 1. The van der Waals surface area contributed by atoms with Crippen LogP contribution in [0.5, 0.6) is 0 Å². The summed E-state index contributed by atoms with van der Waals surface area (Å²) in [4.78, 5) is 14.4. The number of carbonyl (C=O) groups excluding carboxylic acids is 1. The summed E-state index contributed by atoms with van der Waals surface area (Å²) in [5, 5.41) is 0.127. The molecule has 0 aromatic heterocycles. The average molecular weight is 350 g/mol. The molecule has 1 saturated heterocycles. The second kappa shape index (κ2) is 7.31. The van der Waals surface area contributed by atoms with Gasteiger partial charge in [-0.05, 0) is 42.7 Å². The van der Waals surface area contributed by atoms with Crippen LogP contribution in [0.15, 0.2) is 42.5 Å². The topological polar surface area (TPSA) is 20.3 Å². The van der Waals surface area contributed by atoms with E-state index >= 15 is 0 Å². The Morgan fingerprint density at radius 3 is 2.54 bits per heavy atom. The van der Waals surface area contributed by atoms with E-state index in [1.807, 2.05) is 0 Å². The van der Waals surface area contributed by atoms with Gasteiger partial charge in [0.1, 0.15) is 11.6 Å². The lowest BCUT2D eigenvalue weighted by molar-refractivity contribution is 0.0750. The first kappa shape index (κ1) is 16.9. The number of carbonyl (C=O) groups is 1. The lowest BCUT2D eigenvalue weighted by Crippen LogP contribution is -2.34. The van der Waals surface area contributed by atoms with Crippen molar-refractivity contribution in [1.82, 2.24) is 4.90 Å². The van der Waals surface area contributed by atoms with Crippen LogP contribution < -0.4 is 0 Å². The highest BCUT2D eigenvalue weighted by molar-refractivity contribution is 6.33. The third-order valence-electron chi connectivity index (χ3n) is 4.48. The van der Waals surface area contributed by atoms with Crippen LogP contribution in [0.3, 0.4) is 0 Å². The molecule has 1 aliphatic heterocycles. The largest absolute Gasteiger partial charge is 0.338 e. The van der Waals surface area contributed by atoms with E-state index in [1.165, 1.54) is 30.3 Å². The molecule has 0 saturated carbocycles. The fourth-order valence-corrected chi connectivity index (χ4v) is 3.44. The Morgan fingerprint density at radius 1 is 1.08 bits per heavy atom. The van der Waals surface area contributed by atoms with E-state index in [-0.39, 0.29) is 28.2 Å². The zero-order valence-corrected chi connectivity index (χ0v) is 13.9. The fourth-order valence-electron chi connectivity index (χ4n) is 3.19. The van der Waals surface area contributed by atoms with E-state index in [1.54, 1.807) is 17.0 Å². The van der Waals surface area contributed by atoms with Crippen molar-refractivity contribution in [3.63, 3.8) is 0 Å². The van der Waals surface area contributed by atoms with Crippen molar-refractivity contribution in [1.29, 1.82) is 0 Å². The Kier molecular flexibility index (Phi) is 5.14. The third-order valence-corrected chi connectivity index (χ3v) is 4.79. The van der Waals surface area contributed by atoms with Gasteiger partial charge < -0.3 is 4.90 Å². The molecule has 1 atom stereocenters. The number of halogens is 3. The molecule has 126 valence electrons. The first-order chi connectivity index (χ1) is 11.6. The van der Waals surface area contributed by atoms with Crippen molar-refractivity contribution in [3.8, 4) is 0 Å². The number of nitrogens with zero attached hydrogens (tertiary/aromatic N) is 1. The summed E-state index contributed by atoms with van der Waals surface area (Å²) in [5.41, 5.74) is 0.926. The van der Waals surface area contributed by atoms with Gasteiger partial charge in [-0.15, -0.1) is 0 Å². The van der Waals surface area contributed by atoms with Crippen molar-refractivity contribution in [2.45, 2.75) is 25.2 Å². The van der Waals surface area contributed by atoms with E-state index in [4.69, 9.17) is 11.6 Å². The molecule has 0 spiro atoms. The van der Waals surface area contributed by atoms with Crippen molar-refractivity contribution in [2.24, 2.45) is 0 Å². The van der Waals surface area contributed by atoms with E-state index in [0.29, 0.717) is 13.1 Å². The molecule has 2 aromatic carbocycles. The molecule has 3 rings (SSSR count). The molecule has 24 heavy (non-hydrogen) atoms. The van der Waals surface area contributed by atoms with Gasteiger partial charge in [0.2, 0.25) is 0 Å². The van der Waals surface area contributed by atoms with Crippen LogP contribution in [0.25, 0.3) is 0 Å². The highest BCUT2D eigenvalue weighted by Gasteiger charge is 2.27. The summed E-state index contributed by atoms with van der Waals surface area (Å²) in [5.74, 6) is -1.15. The lowest BCUT2D eigenvalue weighted by Gasteiger charge is -2.25. The summed E-state index contributed by atoms with van der Waals surface area (Å²) < 4.78 is 27.2. The van der Waals surface area contributed by atoms with Gasteiger partial charge in [0.25, 0.3) is 5.91 Å². The standard InChI is InChI=1S/C19H18ClF2NO/c20-16-5-3-6-17(22)18(16)19(24)23-11-2-1-4-14(12-23)13-7-9-15(21)10-8-13/h3,5-10,14H,1-2,4,11-12H2. The molecule has 0 N–H and O–H groups in total. The quantitative estimate of drug-likeness (QED) is 0.744. The highest BCUT2D eigenvalue weighted by Crippen LogP contribution is 2.29. The van der Waals surface area contributed by atoms with Gasteiger partial charge in [0.05, 0.1) is 10.6 Å². The predicted octanol–water partition coefficient (Wildman–Crippen LogP) is 5.03. The second-order valence-corrected chi connectivity index (χ2v) is 6.50. The molecule has 2 aromatic rings. The van der Waals surface area contributed by atoms with Gasteiger partial charge in [0, 0.05) is 19.0 Å². The van der Waals surface area contributed by atoms with E-state index in [2.05, 4.69) is 0 Å². The Morgan fingerprint density at radius 2 is 1.83 bits per heavy atom. The Hall–Kier alpha value is -1.94. The zero-order valence-electron chi connectivity index (χ0n) is 13.1. The van der Waals surface area contributed by atoms with Gasteiger partial charge >= 0.3 is 0 Å². The van der Waals surface area contributed by atoms with Gasteiger partial charge in [0.15, 0.2) is 0 Å². The molecule has 1 heterocycles. The minimum Gasteiger partial charge on any atom is -0.338 e. The van der Waals surface area contributed by atoms with E-state index in [9.17, 15) is 13.6 Å². The highest BCUT2D eigenvalue weighted by atomic mass is 35.5. The molecule has 1 amide bonds. The monoisotopic (exact) mass is 349 g/mol. The van der Waals surface area contributed by atoms with Crippen molar-refractivity contribution in [2.75, 3.05) is 13.1 Å². The Balaban J connectivity index is 1.84. The minimum atomic E-state index is -0.602. The first-order valence-electron chi connectivity index (χ1n) is 8.05. The maximum atomic E-state index is 14.0. The smallest absolute Gasteiger partial charge is 0.258 e. The van der Waals surface area contributed by atoms with Crippen molar-refractivity contribution < 1.29 is 13.6 Å². The first-order valence-corrected chi connectivity index (χ1v) is 8.43. The molecule has 0 aliphatic carbocycles. The van der Waals surface area contributed by atoms with Gasteiger partial charge in [-0.25, -0.2) is 8.78 Å². The number of rotatable bonds is 2.